The average Bonchev–Trinajstić information content (AvgIpc) is 2.46. The van der Waals surface area contributed by atoms with Crippen molar-refractivity contribution < 1.29 is 13.2 Å². The molecule has 0 saturated heterocycles. The van der Waals surface area contributed by atoms with Gasteiger partial charge in [-0.3, -0.25) is 4.79 Å². The van der Waals surface area contributed by atoms with Crippen molar-refractivity contribution in [3.63, 3.8) is 0 Å². The average molecular weight is 309 g/mol. The van der Waals surface area contributed by atoms with Crippen LogP contribution in [0, 0.1) is 11.8 Å². The smallest absolute Gasteiger partial charge is 0.240 e. The van der Waals surface area contributed by atoms with E-state index in [1.165, 1.54) is 38.3 Å². The van der Waals surface area contributed by atoms with Crippen molar-refractivity contribution in [2.45, 2.75) is 44.4 Å². The van der Waals surface area contributed by atoms with Gasteiger partial charge >= 0.3 is 0 Å². The maximum absolute atomic E-state index is 12.3. The predicted molar refractivity (Wildman–Crippen MR) is 82.8 cm³/mol. The highest BCUT2D eigenvalue weighted by Gasteiger charge is 2.23. The number of carbonyl (C=O) groups excluding carboxylic acids is 1. The van der Waals surface area contributed by atoms with Gasteiger partial charge in [-0.1, -0.05) is 38.3 Å². The summed E-state index contributed by atoms with van der Waals surface area (Å²) in [4.78, 5) is 11.5. The Bertz CT molecular complexity index is 610. The van der Waals surface area contributed by atoms with E-state index in [9.17, 15) is 13.2 Å². The first-order chi connectivity index (χ1) is 9.90. The zero-order valence-corrected chi connectivity index (χ0v) is 13.4. The summed E-state index contributed by atoms with van der Waals surface area (Å²) in [6, 6.07) is 6.20. The molecule has 1 aliphatic rings. The molecule has 1 aromatic carbocycles. The summed E-state index contributed by atoms with van der Waals surface area (Å²) in [5, 5.41) is 0. The number of benzene rings is 1. The summed E-state index contributed by atoms with van der Waals surface area (Å²) >= 11 is 0. The lowest BCUT2D eigenvalue weighted by Crippen LogP contribution is -2.33. The van der Waals surface area contributed by atoms with E-state index in [4.69, 9.17) is 0 Å². The molecule has 1 N–H and O–H groups in total. The van der Waals surface area contributed by atoms with Crippen LogP contribution in [0.15, 0.2) is 29.2 Å². The van der Waals surface area contributed by atoms with Crippen LogP contribution in [0.3, 0.4) is 0 Å². The van der Waals surface area contributed by atoms with Crippen molar-refractivity contribution >= 4 is 15.8 Å². The first-order valence-electron chi connectivity index (χ1n) is 7.51. The summed E-state index contributed by atoms with van der Waals surface area (Å²) in [7, 11) is -3.54. The lowest BCUT2D eigenvalue weighted by atomic mass is 9.81. The van der Waals surface area contributed by atoms with E-state index in [0.29, 0.717) is 23.9 Å². The third kappa shape index (κ3) is 4.14. The van der Waals surface area contributed by atoms with Crippen LogP contribution < -0.4 is 4.72 Å². The number of hydrogen-bond donors (Lipinski definition) is 1. The first kappa shape index (κ1) is 16.2. The molecule has 1 saturated carbocycles. The second-order valence-corrected chi connectivity index (χ2v) is 7.72. The fourth-order valence-corrected chi connectivity index (χ4v) is 4.02. The van der Waals surface area contributed by atoms with Crippen LogP contribution in [0.4, 0.5) is 0 Å². The van der Waals surface area contributed by atoms with Crippen molar-refractivity contribution in [3.8, 4) is 0 Å². The monoisotopic (exact) mass is 309 g/mol. The Morgan fingerprint density at radius 1 is 1.29 bits per heavy atom. The predicted octanol–water partition coefficient (Wildman–Crippen LogP) is 2.99. The molecular weight excluding hydrogens is 286 g/mol. The van der Waals surface area contributed by atoms with Crippen LogP contribution in [0.5, 0.6) is 0 Å². The van der Waals surface area contributed by atoms with E-state index in [-0.39, 0.29) is 10.7 Å². The van der Waals surface area contributed by atoms with Crippen molar-refractivity contribution in [3.05, 3.63) is 29.8 Å². The van der Waals surface area contributed by atoms with Crippen LogP contribution in [-0.2, 0) is 10.0 Å². The van der Waals surface area contributed by atoms with Gasteiger partial charge in [0, 0.05) is 12.1 Å². The van der Waals surface area contributed by atoms with Crippen LogP contribution in [0.25, 0.3) is 0 Å². The van der Waals surface area contributed by atoms with Crippen molar-refractivity contribution in [2.24, 2.45) is 11.8 Å². The van der Waals surface area contributed by atoms with Gasteiger partial charge in [0.15, 0.2) is 5.78 Å². The number of ketones is 1. The van der Waals surface area contributed by atoms with E-state index < -0.39 is 10.0 Å². The third-order valence-electron chi connectivity index (χ3n) is 4.38. The molecule has 0 radical (unpaired) electrons. The normalized spacial score (nSPS) is 23.0. The molecule has 0 spiro atoms. The molecule has 2 unspecified atom stereocenters. The largest absolute Gasteiger partial charge is 0.295 e. The highest BCUT2D eigenvalue weighted by molar-refractivity contribution is 7.89. The maximum atomic E-state index is 12.3. The number of Topliss-reactive ketones (excluding diaryl/α,β-unsaturated/α-hetero) is 1. The molecular formula is C16H23NO3S. The molecule has 2 atom stereocenters. The summed E-state index contributed by atoms with van der Waals surface area (Å²) in [5.41, 5.74) is 0.420. The lowest BCUT2D eigenvalue weighted by molar-refractivity contribution is 0.101. The molecule has 1 aromatic rings. The van der Waals surface area contributed by atoms with E-state index in [1.54, 1.807) is 12.1 Å². The van der Waals surface area contributed by atoms with Gasteiger partial charge in [-0.2, -0.15) is 0 Å². The van der Waals surface area contributed by atoms with E-state index >= 15 is 0 Å². The molecule has 1 aliphatic carbocycles. The van der Waals surface area contributed by atoms with E-state index in [2.05, 4.69) is 11.6 Å². The number of hydrogen-bond acceptors (Lipinski definition) is 3. The quantitative estimate of drug-likeness (QED) is 0.850. The lowest BCUT2D eigenvalue weighted by Gasteiger charge is -2.28. The van der Waals surface area contributed by atoms with E-state index in [1.807, 2.05) is 0 Å². The summed E-state index contributed by atoms with van der Waals surface area (Å²) in [6.07, 6.45) is 4.67. The van der Waals surface area contributed by atoms with Gasteiger partial charge < -0.3 is 0 Å². The van der Waals surface area contributed by atoms with E-state index in [0.717, 1.165) is 6.42 Å². The highest BCUT2D eigenvalue weighted by atomic mass is 32.2. The van der Waals surface area contributed by atoms with Gasteiger partial charge in [-0.05, 0) is 37.3 Å². The Kier molecular flexibility index (Phi) is 5.17. The van der Waals surface area contributed by atoms with Gasteiger partial charge in [0.25, 0.3) is 0 Å². The standard InChI is InChI=1S/C16H23NO3S/c1-12-6-3-4-7-15(12)11-17-21(19,20)16-9-5-8-14(10-16)13(2)18/h5,8-10,12,15,17H,3-4,6-7,11H2,1-2H3. The second-order valence-electron chi connectivity index (χ2n) is 5.96. The molecule has 1 fully saturated rings. The third-order valence-corrected chi connectivity index (χ3v) is 5.80. The topological polar surface area (TPSA) is 63.2 Å². The molecule has 2 rings (SSSR count). The van der Waals surface area contributed by atoms with Crippen LogP contribution >= 0.6 is 0 Å². The molecule has 21 heavy (non-hydrogen) atoms. The number of sulfonamides is 1. The first-order valence-corrected chi connectivity index (χ1v) is 8.99. The molecule has 0 amide bonds. The molecule has 0 bridgehead atoms. The maximum Gasteiger partial charge on any atom is 0.240 e. The number of carbonyl (C=O) groups is 1. The Balaban J connectivity index is 2.07. The van der Waals surface area contributed by atoms with Gasteiger partial charge in [0.1, 0.15) is 0 Å². The van der Waals surface area contributed by atoms with Crippen molar-refractivity contribution in [2.75, 3.05) is 6.54 Å². The Hall–Kier alpha value is -1.20. The minimum Gasteiger partial charge on any atom is -0.295 e. The zero-order chi connectivity index (χ0) is 15.5. The zero-order valence-electron chi connectivity index (χ0n) is 12.6. The number of nitrogens with one attached hydrogen (secondary N) is 1. The summed E-state index contributed by atoms with van der Waals surface area (Å²) < 4.78 is 27.4. The minimum absolute atomic E-state index is 0.132. The molecule has 116 valence electrons. The summed E-state index contributed by atoms with van der Waals surface area (Å²) in [5.74, 6) is 0.836. The number of rotatable bonds is 5. The summed E-state index contributed by atoms with van der Waals surface area (Å²) in [6.45, 7) is 4.10. The molecule has 4 nitrogen and oxygen atoms in total. The van der Waals surface area contributed by atoms with Gasteiger partial charge in [-0.15, -0.1) is 0 Å². The second kappa shape index (κ2) is 6.71. The van der Waals surface area contributed by atoms with Gasteiger partial charge in [0.05, 0.1) is 4.90 Å². The molecule has 5 heteroatoms. The SMILES string of the molecule is CC(=O)c1cccc(S(=O)(=O)NCC2CCCCC2C)c1. The Morgan fingerprint density at radius 3 is 2.67 bits per heavy atom. The van der Waals surface area contributed by atoms with Crippen LogP contribution in [0.2, 0.25) is 0 Å². The fourth-order valence-electron chi connectivity index (χ4n) is 2.88. The van der Waals surface area contributed by atoms with Crippen molar-refractivity contribution in [1.82, 2.24) is 4.72 Å². The van der Waals surface area contributed by atoms with Gasteiger partial charge in [-0.25, -0.2) is 13.1 Å². The molecule has 0 heterocycles. The molecule has 0 aromatic heterocycles. The van der Waals surface area contributed by atoms with Crippen molar-refractivity contribution in [1.29, 1.82) is 0 Å². The Morgan fingerprint density at radius 2 is 2.00 bits per heavy atom. The van der Waals surface area contributed by atoms with Crippen LogP contribution in [0.1, 0.15) is 49.9 Å². The fraction of sp³-hybridized carbons (Fsp3) is 0.562. The minimum atomic E-state index is -3.54. The molecule has 0 aliphatic heterocycles. The Labute approximate surface area is 127 Å². The highest BCUT2D eigenvalue weighted by Crippen LogP contribution is 2.29. The van der Waals surface area contributed by atoms with Gasteiger partial charge in [0.2, 0.25) is 10.0 Å². The van der Waals surface area contributed by atoms with Crippen LogP contribution in [-0.4, -0.2) is 20.7 Å².